The smallest absolute Gasteiger partial charge is 0.154 e. The highest BCUT2D eigenvalue weighted by Gasteiger charge is 2.11. The number of hydrogen-bond donors (Lipinski definition) is 1. The Bertz CT molecular complexity index is 1110. The third-order valence-electron chi connectivity index (χ3n) is 5.51. The van der Waals surface area contributed by atoms with Gasteiger partial charge in [-0.3, -0.25) is 0 Å². The van der Waals surface area contributed by atoms with Gasteiger partial charge in [-0.25, -0.2) is 9.97 Å². The molecule has 3 aromatic rings. The Kier molecular flexibility index (Phi) is 10.2. The second-order valence-electron chi connectivity index (χ2n) is 7.92. The summed E-state index contributed by atoms with van der Waals surface area (Å²) in [7, 11) is 0. The van der Waals surface area contributed by atoms with Gasteiger partial charge in [-0.15, -0.1) is 0 Å². The summed E-state index contributed by atoms with van der Waals surface area (Å²) in [5.41, 5.74) is 1.84. The zero-order valence-corrected chi connectivity index (χ0v) is 24.5. The van der Waals surface area contributed by atoms with Crippen LogP contribution in [0.2, 0.25) is 5.02 Å². The molecule has 0 saturated heterocycles. The third-order valence-corrected chi connectivity index (χ3v) is 7.51. The molecular formula is C25H28Br3ClN4. The minimum Gasteiger partial charge on any atom is -0.367 e. The molecule has 1 N–H and O–H groups in total. The molecule has 4 nitrogen and oxygen atoms in total. The van der Waals surface area contributed by atoms with Gasteiger partial charge in [0.25, 0.3) is 0 Å². The molecule has 0 aliphatic rings. The van der Waals surface area contributed by atoms with Crippen LogP contribution < -0.4 is 5.32 Å². The molecule has 0 bridgehead atoms. The van der Waals surface area contributed by atoms with E-state index in [2.05, 4.69) is 78.8 Å². The number of fused-ring (bicyclic) bond motifs is 1. The number of halogens is 4. The van der Waals surface area contributed by atoms with Crippen molar-refractivity contribution in [1.29, 1.82) is 0 Å². The van der Waals surface area contributed by atoms with E-state index in [0.717, 1.165) is 68.2 Å². The molecule has 0 spiro atoms. The van der Waals surface area contributed by atoms with Crippen LogP contribution in [0.3, 0.4) is 0 Å². The van der Waals surface area contributed by atoms with Gasteiger partial charge in [-0.1, -0.05) is 73.2 Å². The van der Waals surface area contributed by atoms with Crippen LogP contribution in [0.4, 0.5) is 5.82 Å². The lowest BCUT2D eigenvalue weighted by atomic mass is 10.1. The summed E-state index contributed by atoms with van der Waals surface area (Å²) in [6.45, 7) is 9.93. The van der Waals surface area contributed by atoms with Crippen LogP contribution in [0.25, 0.3) is 23.1 Å². The Hall–Kier alpha value is -0.990. The lowest BCUT2D eigenvalue weighted by molar-refractivity contribution is 0.295. The van der Waals surface area contributed by atoms with Gasteiger partial charge < -0.3 is 10.2 Å². The lowest BCUT2D eigenvalue weighted by Gasteiger charge is -2.20. The molecule has 0 unspecified atom stereocenters. The molecule has 2 aromatic carbocycles. The van der Waals surface area contributed by atoms with E-state index in [1.165, 1.54) is 0 Å². The van der Waals surface area contributed by atoms with Gasteiger partial charge in [0.2, 0.25) is 0 Å². The first-order valence-corrected chi connectivity index (χ1v) is 13.8. The Balaban J connectivity index is 1.86. The fourth-order valence-corrected chi connectivity index (χ4v) is 6.33. The van der Waals surface area contributed by atoms with Crippen LogP contribution in [0, 0.1) is 0 Å². The van der Waals surface area contributed by atoms with Crippen LogP contribution in [0.5, 0.6) is 0 Å². The van der Waals surface area contributed by atoms with Crippen molar-refractivity contribution in [1.82, 2.24) is 14.9 Å². The molecule has 1 aromatic heterocycles. The molecule has 0 amide bonds. The van der Waals surface area contributed by atoms with E-state index in [4.69, 9.17) is 21.6 Å². The highest BCUT2D eigenvalue weighted by Crippen LogP contribution is 2.31. The number of anilines is 1. The molecule has 0 aliphatic carbocycles. The number of aromatic nitrogens is 2. The van der Waals surface area contributed by atoms with Gasteiger partial charge in [-0.2, -0.15) is 0 Å². The Morgan fingerprint density at radius 2 is 1.73 bits per heavy atom. The van der Waals surface area contributed by atoms with E-state index < -0.39 is 0 Å². The fourth-order valence-electron chi connectivity index (χ4n) is 3.64. The molecule has 33 heavy (non-hydrogen) atoms. The zero-order valence-electron chi connectivity index (χ0n) is 19.0. The molecule has 1 heterocycles. The highest BCUT2D eigenvalue weighted by atomic mass is 79.9. The van der Waals surface area contributed by atoms with Crippen LogP contribution in [0.1, 0.15) is 45.0 Å². The predicted molar refractivity (Wildman–Crippen MR) is 153 cm³/mol. The number of nitrogens with zero attached hydrogens (tertiary/aromatic N) is 3. The summed E-state index contributed by atoms with van der Waals surface area (Å²) in [4.78, 5) is 12.0. The number of rotatable bonds is 10. The van der Waals surface area contributed by atoms with E-state index in [9.17, 15) is 0 Å². The van der Waals surface area contributed by atoms with Crippen LogP contribution >= 0.6 is 59.4 Å². The summed E-state index contributed by atoms with van der Waals surface area (Å²) in [6, 6.07) is 10.1. The van der Waals surface area contributed by atoms with Crippen molar-refractivity contribution in [3.63, 3.8) is 0 Å². The maximum absolute atomic E-state index is 6.26. The van der Waals surface area contributed by atoms with Crippen molar-refractivity contribution in [3.8, 4) is 0 Å². The Labute approximate surface area is 226 Å². The SMILES string of the molecule is CCN(CC)CCC[C@@H](C)Nc1nc(/C=C/c2c(Br)cc(Br)cc2Br)nc2cc(Cl)ccc12. The Morgan fingerprint density at radius 3 is 2.39 bits per heavy atom. The van der Waals surface area contributed by atoms with Gasteiger partial charge in [0.1, 0.15) is 5.82 Å². The first kappa shape index (κ1) is 26.6. The molecule has 1 atom stereocenters. The van der Waals surface area contributed by atoms with Crippen LogP contribution in [-0.4, -0.2) is 40.5 Å². The topological polar surface area (TPSA) is 41.0 Å². The molecular weight excluding hydrogens is 631 g/mol. The first-order valence-electron chi connectivity index (χ1n) is 11.1. The maximum atomic E-state index is 6.26. The lowest BCUT2D eigenvalue weighted by Crippen LogP contribution is -2.25. The summed E-state index contributed by atoms with van der Waals surface area (Å²) < 4.78 is 2.95. The first-order chi connectivity index (χ1) is 15.8. The number of hydrogen-bond acceptors (Lipinski definition) is 4. The van der Waals surface area contributed by atoms with Gasteiger partial charge in [0.05, 0.1) is 5.52 Å². The summed E-state index contributed by atoms with van der Waals surface area (Å²) in [5.74, 6) is 1.46. The van der Waals surface area contributed by atoms with Crippen LogP contribution in [0.15, 0.2) is 43.7 Å². The van der Waals surface area contributed by atoms with E-state index in [1.54, 1.807) is 0 Å². The van der Waals surface area contributed by atoms with Gasteiger partial charge >= 0.3 is 0 Å². The van der Waals surface area contributed by atoms with Gasteiger partial charge in [-0.05, 0) is 81.9 Å². The normalized spacial score (nSPS) is 12.7. The van der Waals surface area contributed by atoms with E-state index in [-0.39, 0.29) is 0 Å². The van der Waals surface area contributed by atoms with E-state index >= 15 is 0 Å². The van der Waals surface area contributed by atoms with Gasteiger partial charge in [0, 0.05) is 35.4 Å². The molecule has 0 radical (unpaired) electrons. The molecule has 0 saturated carbocycles. The van der Waals surface area contributed by atoms with Crippen molar-refractivity contribution in [2.24, 2.45) is 0 Å². The van der Waals surface area contributed by atoms with E-state index in [1.807, 2.05) is 42.5 Å². The average molecular weight is 660 g/mol. The van der Waals surface area contributed by atoms with Crippen molar-refractivity contribution in [3.05, 3.63) is 60.2 Å². The van der Waals surface area contributed by atoms with Crippen molar-refractivity contribution in [2.45, 2.75) is 39.7 Å². The van der Waals surface area contributed by atoms with Crippen molar-refractivity contribution in [2.75, 3.05) is 25.0 Å². The minimum atomic E-state index is 0.293. The fraction of sp³-hybridized carbons (Fsp3) is 0.360. The summed E-state index contributed by atoms with van der Waals surface area (Å²) >= 11 is 17.0. The highest BCUT2D eigenvalue weighted by molar-refractivity contribution is 9.11. The van der Waals surface area contributed by atoms with E-state index in [0.29, 0.717) is 16.9 Å². The second-order valence-corrected chi connectivity index (χ2v) is 11.0. The largest absolute Gasteiger partial charge is 0.367 e. The number of benzene rings is 2. The maximum Gasteiger partial charge on any atom is 0.154 e. The molecule has 8 heteroatoms. The molecule has 0 fully saturated rings. The third kappa shape index (κ3) is 7.49. The average Bonchev–Trinajstić information content (AvgIpc) is 2.75. The van der Waals surface area contributed by atoms with Crippen molar-refractivity contribution < 1.29 is 0 Å². The predicted octanol–water partition coefficient (Wildman–Crippen LogP) is 8.66. The quantitative estimate of drug-likeness (QED) is 0.237. The molecule has 3 rings (SSSR count). The van der Waals surface area contributed by atoms with Crippen LogP contribution in [-0.2, 0) is 0 Å². The number of nitrogens with one attached hydrogen (secondary N) is 1. The zero-order chi connectivity index (χ0) is 24.0. The summed E-state index contributed by atoms with van der Waals surface area (Å²) in [6.07, 6.45) is 6.14. The molecule has 176 valence electrons. The molecule has 0 aliphatic heterocycles. The standard InChI is InChI=1S/C25H28Br3ClN4/c1-4-33(5-2)12-6-7-16(3)30-25-20-9-8-18(29)15-23(20)31-24(32-25)11-10-19-21(27)13-17(26)14-22(19)28/h8-11,13-16H,4-7,12H2,1-3H3,(H,30,31,32)/b11-10+/t16-/m1/s1. The monoisotopic (exact) mass is 656 g/mol. The van der Waals surface area contributed by atoms with Crippen molar-refractivity contribution >= 4 is 88.3 Å². The summed E-state index contributed by atoms with van der Waals surface area (Å²) in [5, 5.41) is 5.24. The van der Waals surface area contributed by atoms with Gasteiger partial charge in [0.15, 0.2) is 5.82 Å². The minimum absolute atomic E-state index is 0.293. The second kappa shape index (κ2) is 12.6. The Morgan fingerprint density at radius 1 is 1.03 bits per heavy atom.